The average molecular weight is 318 g/mol. The van der Waals surface area contributed by atoms with Gasteiger partial charge in [-0.3, -0.25) is 0 Å². The summed E-state index contributed by atoms with van der Waals surface area (Å²) in [4.78, 5) is 2.74. The van der Waals surface area contributed by atoms with E-state index in [0.717, 1.165) is 29.7 Å². The van der Waals surface area contributed by atoms with Crippen LogP contribution in [0.1, 0.15) is 91.4 Å². The Morgan fingerprint density at radius 1 is 0.870 bits per heavy atom. The predicted molar refractivity (Wildman–Crippen MR) is 100 cm³/mol. The topological polar surface area (TPSA) is 3.24 Å². The molecule has 1 atom stereocenters. The minimum Gasteiger partial charge on any atom is -0.375 e. The van der Waals surface area contributed by atoms with Gasteiger partial charge in [-0.15, -0.1) is 0 Å². The summed E-state index contributed by atoms with van der Waals surface area (Å²) >= 11 is 0. The van der Waals surface area contributed by atoms with Crippen molar-refractivity contribution in [3.05, 3.63) is 11.3 Å². The molecule has 0 N–H and O–H groups in total. The van der Waals surface area contributed by atoms with E-state index in [0.29, 0.717) is 0 Å². The van der Waals surface area contributed by atoms with Gasteiger partial charge in [-0.1, -0.05) is 51.5 Å². The molecular weight excluding hydrogens is 278 g/mol. The van der Waals surface area contributed by atoms with Crippen molar-refractivity contribution < 1.29 is 0 Å². The second kappa shape index (κ2) is 7.62. The first-order valence-corrected chi connectivity index (χ1v) is 10.5. The van der Waals surface area contributed by atoms with E-state index in [1.165, 1.54) is 70.6 Å². The van der Waals surface area contributed by atoms with Crippen molar-refractivity contribution in [2.75, 3.05) is 7.05 Å². The molecule has 0 saturated heterocycles. The first kappa shape index (κ1) is 17.4. The molecule has 1 heteroatoms. The minimum atomic E-state index is 0.796. The fourth-order valence-corrected chi connectivity index (χ4v) is 5.28. The van der Waals surface area contributed by atoms with Crippen molar-refractivity contribution >= 4 is 0 Å². The average Bonchev–Trinajstić information content (AvgIpc) is 3.40. The molecule has 0 aliphatic heterocycles. The van der Waals surface area contributed by atoms with Crippen molar-refractivity contribution in [3.63, 3.8) is 0 Å². The molecular formula is C22H39N. The Balaban J connectivity index is 1.73. The Hall–Kier alpha value is -0.460. The van der Waals surface area contributed by atoms with Crippen LogP contribution in [0.15, 0.2) is 11.3 Å². The second-order valence-electron chi connectivity index (χ2n) is 9.05. The largest absolute Gasteiger partial charge is 0.375 e. The minimum absolute atomic E-state index is 0.796. The Morgan fingerprint density at radius 2 is 1.48 bits per heavy atom. The van der Waals surface area contributed by atoms with E-state index < -0.39 is 0 Å². The Morgan fingerprint density at radius 3 is 2.04 bits per heavy atom. The number of hydrogen-bond acceptors (Lipinski definition) is 1. The number of rotatable bonds is 5. The van der Waals surface area contributed by atoms with E-state index in [-0.39, 0.29) is 0 Å². The standard InChI is InChI=1S/C22H39N/c1-16-10-12-19(13-11-16)17(2)18(3)22(20-14-15-20)23(4)21-8-6-5-7-9-21/h16-17,19-21H,5-15H2,1-4H3/b22-18+. The summed E-state index contributed by atoms with van der Waals surface area (Å²) in [5.74, 6) is 3.60. The second-order valence-corrected chi connectivity index (χ2v) is 9.05. The van der Waals surface area contributed by atoms with Crippen molar-refractivity contribution in [2.24, 2.45) is 23.7 Å². The normalized spacial score (nSPS) is 32.3. The molecule has 3 fully saturated rings. The van der Waals surface area contributed by atoms with E-state index in [9.17, 15) is 0 Å². The van der Waals surface area contributed by atoms with Gasteiger partial charge in [-0.05, 0) is 69.1 Å². The molecule has 23 heavy (non-hydrogen) atoms. The van der Waals surface area contributed by atoms with Gasteiger partial charge < -0.3 is 4.90 Å². The van der Waals surface area contributed by atoms with E-state index in [4.69, 9.17) is 0 Å². The molecule has 3 saturated carbocycles. The van der Waals surface area contributed by atoms with Crippen LogP contribution in [0.3, 0.4) is 0 Å². The van der Waals surface area contributed by atoms with Crippen LogP contribution in [0.5, 0.6) is 0 Å². The molecule has 0 amide bonds. The SMILES string of the molecule is C/C(=C(/C1CC1)N(C)C1CCCCC1)C(C)C1CCC(C)CC1. The monoisotopic (exact) mass is 317 g/mol. The lowest BCUT2D eigenvalue weighted by molar-refractivity contribution is 0.211. The molecule has 0 aromatic heterocycles. The summed E-state index contributed by atoms with van der Waals surface area (Å²) in [5, 5.41) is 0. The lowest BCUT2D eigenvalue weighted by atomic mass is 9.74. The molecule has 0 heterocycles. The van der Waals surface area contributed by atoms with Crippen LogP contribution in [0.4, 0.5) is 0 Å². The molecule has 132 valence electrons. The molecule has 1 nitrogen and oxygen atoms in total. The van der Waals surface area contributed by atoms with Gasteiger partial charge in [0.2, 0.25) is 0 Å². The van der Waals surface area contributed by atoms with Crippen LogP contribution in [-0.2, 0) is 0 Å². The molecule has 0 bridgehead atoms. The fraction of sp³-hybridized carbons (Fsp3) is 0.909. The Kier molecular flexibility index (Phi) is 5.75. The Labute approximate surface area is 144 Å². The highest BCUT2D eigenvalue weighted by Crippen LogP contribution is 2.45. The highest BCUT2D eigenvalue weighted by atomic mass is 15.2. The summed E-state index contributed by atoms with van der Waals surface area (Å²) in [6.45, 7) is 7.46. The third-order valence-corrected chi connectivity index (χ3v) is 7.32. The summed E-state index contributed by atoms with van der Waals surface area (Å²) in [6, 6.07) is 0.827. The van der Waals surface area contributed by atoms with Crippen LogP contribution < -0.4 is 0 Å². The molecule has 0 aromatic rings. The quantitative estimate of drug-likeness (QED) is 0.567. The van der Waals surface area contributed by atoms with Crippen LogP contribution >= 0.6 is 0 Å². The highest BCUT2D eigenvalue weighted by Gasteiger charge is 2.35. The zero-order chi connectivity index (χ0) is 16.4. The van der Waals surface area contributed by atoms with Crippen molar-refractivity contribution in [1.82, 2.24) is 4.90 Å². The first-order valence-electron chi connectivity index (χ1n) is 10.5. The number of allylic oxidation sites excluding steroid dienone is 2. The third-order valence-electron chi connectivity index (χ3n) is 7.32. The van der Waals surface area contributed by atoms with Gasteiger partial charge in [0.05, 0.1) is 0 Å². The van der Waals surface area contributed by atoms with Gasteiger partial charge in [-0.2, -0.15) is 0 Å². The van der Waals surface area contributed by atoms with Gasteiger partial charge in [0.1, 0.15) is 0 Å². The van der Waals surface area contributed by atoms with E-state index >= 15 is 0 Å². The maximum absolute atomic E-state index is 2.74. The third kappa shape index (κ3) is 4.15. The van der Waals surface area contributed by atoms with E-state index in [1.807, 2.05) is 0 Å². The number of hydrogen-bond donors (Lipinski definition) is 0. The van der Waals surface area contributed by atoms with Gasteiger partial charge in [0.25, 0.3) is 0 Å². The summed E-state index contributed by atoms with van der Waals surface area (Å²) in [5.41, 5.74) is 3.52. The number of nitrogens with zero attached hydrogens (tertiary/aromatic N) is 1. The van der Waals surface area contributed by atoms with Gasteiger partial charge >= 0.3 is 0 Å². The first-order chi connectivity index (χ1) is 11.1. The highest BCUT2D eigenvalue weighted by molar-refractivity contribution is 5.21. The van der Waals surface area contributed by atoms with E-state index in [1.54, 1.807) is 11.3 Å². The molecule has 3 aliphatic rings. The predicted octanol–water partition coefficient (Wildman–Crippen LogP) is 6.40. The van der Waals surface area contributed by atoms with Crippen molar-refractivity contribution in [1.29, 1.82) is 0 Å². The Bertz CT molecular complexity index is 406. The fourth-order valence-electron chi connectivity index (χ4n) is 5.28. The molecule has 0 radical (unpaired) electrons. The smallest absolute Gasteiger partial charge is 0.0283 e. The van der Waals surface area contributed by atoms with Crippen LogP contribution in [0, 0.1) is 23.7 Å². The summed E-state index contributed by atoms with van der Waals surface area (Å²) < 4.78 is 0. The zero-order valence-electron chi connectivity index (χ0n) is 16.1. The van der Waals surface area contributed by atoms with Crippen LogP contribution in [0.2, 0.25) is 0 Å². The molecule has 0 spiro atoms. The van der Waals surface area contributed by atoms with Crippen molar-refractivity contribution in [2.45, 2.75) is 97.4 Å². The van der Waals surface area contributed by atoms with Crippen LogP contribution in [0.25, 0.3) is 0 Å². The van der Waals surface area contributed by atoms with E-state index in [2.05, 4.69) is 32.7 Å². The summed E-state index contributed by atoms with van der Waals surface area (Å²) in [6.07, 6.45) is 15.9. The van der Waals surface area contributed by atoms with Gasteiger partial charge in [-0.25, -0.2) is 0 Å². The lowest BCUT2D eigenvalue weighted by Gasteiger charge is -2.38. The van der Waals surface area contributed by atoms with Crippen LogP contribution in [-0.4, -0.2) is 18.0 Å². The zero-order valence-corrected chi connectivity index (χ0v) is 16.1. The van der Waals surface area contributed by atoms with Gasteiger partial charge in [0.15, 0.2) is 0 Å². The maximum Gasteiger partial charge on any atom is 0.0283 e. The van der Waals surface area contributed by atoms with Crippen molar-refractivity contribution in [3.8, 4) is 0 Å². The molecule has 3 aliphatic carbocycles. The summed E-state index contributed by atoms with van der Waals surface area (Å²) in [7, 11) is 2.42. The molecule has 1 unspecified atom stereocenters. The lowest BCUT2D eigenvalue weighted by Crippen LogP contribution is -2.35. The molecule has 3 rings (SSSR count). The van der Waals surface area contributed by atoms with Gasteiger partial charge in [0, 0.05) is 18.8 Å². The molecule has 0 aromatic carbocycles. The maximum atomic E-state index is 2.74.